The van der Waals surface area contributed by atoms with Gasteiger partial charge in [-0.25, -0.2) is 17.6 Å². The van der Waals surface area contributed by atoms with Crippen molar-refractivity contribution in [2.45, 2.75) is 107 Å². The summed E-state index contributed by atoms with van der Waals surface area (Å²) >= 11 is 4.67. The SMILES string of the molecule is Cc1c2cc(c(C)c1C)C(c1ccc(F)cc1)c1cc(c(C)c(C)c1C)C(c1ccc(F)cc1)c1cc(c(C)c(C)c1C)C(c1ccc(F)cc1)c1cc(c(C)c(C)c1C)C2c1ccc(F)cc1.O=C([O-])CCl.[Na+]. The molecular weight excluding hydrogens is 959 g/mol. The Bertz CT molecular complexity index is 2860. The third-order valence-electron chi connectivity index (χ3n) is 16.6. The van der Waals surface area contributed by atoms with Crippen molar-refractivity contribution in [3.8, 4) is 0 Å². The molecule has 74 heavy (non-hydrogen) atoms. The summed E-state index contributed by atoms with van der Waals surface area (Å²) in [6.45, 7) is 26.4. The molecule has 0 unspecified atom stereocenters. The van der Waals surface area contributed by atoms with Crippen LogP contribution in [-0.2, 0) is 4.79 Å². The molecule has 1 aliphatic carbocycles. The molecule has 0 heterocycles. The van der Waals surface area contributed by atoms with Gasteiger partial charge in [0, 0.05) is 23.7 Å². The van der Waals surface area contributed by atoms with Crippen LogP contribution in [0.5, 0.6) is 0 Å². The minimum atomic E-state index is -1.23. The zero-order valence-corrected chi connectivity index (χ0v) is 47.5. The number of aliphatic carboxylic acids is 1. The Labute approximate surface area is 462 Å². The number of benzene rings is 8. The van der Waals surface area contributed by atoms with Gasteiger partial charge in [0.05, 0.1) is 11.8 Å². The number of carbonyl (C=O) groups excluding carboxylic acids is 1. The van der Waals surface area contributed by atoms with Crippen LogP contribution in [0.25, 0.3) is 0 Å². The van der Waals surface area contributed by atoms with Crippen LogP contribution in [0.1, 0.15) is 157 Å². The Balaban J connectivity index is 0.00000127. The minimum absolute atomic E-state index is 0. The number of carbonyl (C=O) groups is 1. The number of halogens is 5. The van der Waals surface area contributed by atoms with Crippen LogP contribution < -0.4 is 34.7 Å². The van der Waals surface area contributed by atoms with Gasteiger partial charge in [0.1, 0.15) is 23.3 Å². The number of rotatable bonds is 5. The molecule has 8 bridgehead atoms. The standard InChI is InChI=1S/C64H60F4.C2H3ClO2.Na/c1-33-37(5)53-29-54(38(33)6)62(46-15-23-50(66)24-16-46)56-31-58(42(10)35(3)40(56)8)64(48-19-27-52(68)28-20-48)60-32-59(43(11)36(4)44(60)12)63(47-17-25-51(67)26-18-47)57-30-55(39(7)34(2)41(57)9)61(53)45-13-21-49(65)22-14-45;3-1-2(4)5;/h13-32,61-64H,1-12H3;1H2,(H,4,5);/q;;+1/p-1. The normalized spacial score (nSPS) is 16.0. The van der Waals surface area contributed by atoms with Crippen LogP contribution in [0, 0.1) is 106 Å². The number of fused-ring (bicyclic) bond motifs is 8. The molecule has 0 spiro atoms. The summed E-state index contributed by atoms with van der Waals surface area (Å²) in [6, 6.07) is 37.4. The molecule has 8 aromatic rings. The molecule has 0 aliphatic heterocycles. The molecule has 0 amide bonds. The zero-order valence-electron chi connectivity index (χ0n) is 44.8. The average molecular weight is 1020 g/mol. The molecule has 2 nitrogen and oxygen atoms in total. The first kappa shape index (κ1) is 56.0. The van der Waals surface area contributed by atoms with E-state index in [1.807, 2.05) is 48.5 Å². The summed E-state index contributed by atoms with van der Waals surface area (Å²) in [4.78, 5) is 9.12. The molecule has 0 saturated carbocycles. The molecule has 0 fully saturated rings. The minimum Gasteiger partial charge on any atom is -0.549 e. The van der Waals surface area contributed by atoms with Crippen molar-refractivity contribution in [2.75, 3.05) is 5.88 Å². The van der Waals surface area contributed by atoms with Crippen molar-refractivity contribution < 1.29 is 57.0 Å². The Morgan fingerprint density at radius 2 is 0.473 bits per heavy atom. The monoisotopic (exact) mass is 1020 g/mol. The Kier molecular flexibility index (Phi) is 17.1. The molecule has 0 saturated heterocycles. The summed E-state index contributed by atoms with van der Waals surface area (Å²) in [5.41, 5.74) is 26.6. The zero-order chi connectivity index (χ0) is 52.9. The molecule has 374 valence electrons. The molecular formula is C66H62ClF4NaO2. The second-order valence-electron chi connectivity index (χ2n) is 20.2. The van der Waals surface area contributed by atoms with E-state index < -0.39 is 11.8 Å². The molecule has 8 aromatic carbocycles. The summed E-state index contributed by atoms with van der Waals surface area (Å²) in [5.74, 6) is -4.08. The van der Waals surface area contributed by atoms with Crippen molar-refractivity contribution in [2.24, 2.45) is 0 Å². The van der Waals surface area contributed by atoms with Crippen molar-refractivity contribution >= 4 is 17.6 Å². The van der Waals surface area contributed by atoms with E-state index >= 15 is 17.6 Å². The Morgan fingerprint density at radius 1 is 0.338 bits per heavy atom. The fourth-order valence-corrected chi connectivity index (χ4v) is 11.5. The van der Waals surface area contributed by atoms with Crippen LogP contribution >= 0.6 is 11.6 Å². The first-order chi connectivity index (χ1) is 34.6. The second kappa shape index (κ2) is 22.6. The van der Waals surface area contributed by atoms with E-state index in [2.05, 4.69) is 119 Å². The predicted octanol–water partition coefficient (Wildman–Crippen LogP) is 13.0. The summed E-state index contributed by atoms with van der Waals surface area (Å²) in [5, 5.41) is 9.12. The number of hydrogen-bond acceptors (Lipinski definition) is 2. The number of alkyl halides is 1. The van der Waals surface area contributed by atoms with E-state index in [1.165, 1.54) is 0 Å². The van der Waals surface area contributed by atoms with Gasteiger partial charge in [-0.15, -0.1) is 11.6 Å². The molecule has 9 rings (SSSR count). The molecule has 8 heteroatoms. The van der Waals surface area contributed by atoms with E-state index in [9.17, 15) is 0 Å². The van der Waals surface area contributed by atoms with Gasteiger partial charge in [-0.2, -0.15) is 0 Å². The van der Waals surface area contributed by atoms with Gasteiger partial charge in [-0.05, 0) is 265 Å². The molecule has 1 aliphatic rings. The van der Waals surface area contributed by atoms with Crippen LogP contribution in [0.4, 0.5) is 17.6 Å². The van der Waals surface area contributed by atoms with Crippen molar-refractivity contribution in [1.29, 1.82) is 0 Å². The number of carboxylic acid groups (broad SMARTS) is 1. The molecule has 0 radical (unpaired) electrons. The second-order valence-corrected chi connectivity index (χ2v) is 20.4. The van der Waals surface area contributed by atoms with E-state index in [0.29, 0.717) is 0 Å². The third kappa shape index (κ3) is 10.5. The fraction of sp³-hybridized carbons (Fsp3) is 0.258. The van der Waals surface area contributed by atoms with Crippen LogP contribution in [0.3, 0.4) is 0 Å². The summed E-state index contributed by atoms with van der Waals surface area (Å²) in [7, 11) is 0. The molecule has 0 N–H and O–H groups in total. The van der Waals surface area contributed by atoms with Gasteiger partial charge in [-0.1, -0.05) is 72.8 Å². The van der Waals surface area contributed by atoms with Crippen LogP contribution in [0.2, 0.25) is 0 Å². The first-order valence-corrected chi connectivity index (χ1v) is 25.4. The smallest absolute Gasteiger partial charge is 0.549 e. The van der Waals surface area contributed by atoms with Gasteiger partial charge in [0.2, 0.25) is 0 Å². The van der Waals surface area contributed by atoms with Crippen molar-refractivity contribution in [3.05, 3.63) is 278 Å². The van der Waals surface area contributed by atoms with E-state index in [4.69, 9.17) is 9.90 Å². The average Bonchev–Trinajstić information content (AvgIpc) is 3.37. The summed E-state index contributed by atoms with van der Waals surface area (Å²) in [6.07, 6.45) is 0. The number of hydrogen-bond donors (Lipinski definition) is 0. The molecule has 0 atom stereocenters. The maximum absolute atomic E-state index is 15.0. The molecule has 0 aromatic heterocycles. The fourth-order valence-electron chi connectivity index (χ4n) is 11.5. The van der Waals surface area contributed by atoms with E-state index in [0.717, 1.165) is 134 Å². The maximum atomic E-state index is 15.0. The van der Waals surface area contributed by atoms with Gasteiger partial charge >= 0.3 is 29.6 Å². The van der Waals surface area contributed by atoms with Crippen molar-refractivity contribution in [3.63, 3.8) is 0 Å². The van der Waals surface area contributed by atoms with Gasteiger partial charge < -0.3 is 9.90 Å². The van der Waals surface area contributed by atoms with Gasteiger partial charge in [0.15, 0.2) is 0 Å². The first-order valence-electron chi connectivity index (χ1n) is 24.8. The van der Waals surface area contributed by atoms with Crippen molar-refractivity contribution in [1.82, 2.24) is 0 Å². The van der Waals surface area contributed by atoms with Crippen LogP contribution in [-0.4, -0.2) is 11.8 Å². The third-order valence-corrected chi connectivity index (χ3v) is 16.8. The van der Waals surface area contributed by atoms with Crippen LogP contribution in [0.15, 0.2) is 121 Å². The van der Waals surface area contributed by atoms with Gasteiger partial charge in [-0.3, -0.25) is 0 Å². The quantitative estimate of drug-likeness (QED) is 0.0979. The maximum Gasteiger partial charge on any atom is 1.00 e. The predicted molar refractivity (Wildman–Crippen MR) is 288 cm³/mol. The van der Waals surface area contributed by atoms with E-state index in [1.54, 1.807) is 48.5 Å². The van der Waals surface area contributed by atoms with E-state index in [-0.39, 0.29) is 76.5 Å². The largest absolute Gasteiger partial charge is 1.00 e. The Hall–Kier alpha value is -5.76. The topological polar surface area (TPSA) is 40.1 Å². The summed E-state index contributed by atoms with van der Waals surface area (Å²) < 4.78 is 60.1. The number of carboxylic acids is 1. The Morgan fingerprint density at radius 3 is 0.595 bits per heavy atom. The van der Waals surface area contributed by atoms with Gasteiger partial charge in [0.25, 0.3) is 0 Å².